The lowest BCUT2D eigenvalue weighted by atomic mass is 10.5. The number of carbonyl (C=O) groups is 1. The molecule has 0 aromatic rings. The van der Waals surface area contributed by atoms with Gasteiger partial charge in [-0.1, -0.05) is 0 Å². The van der Waals surface area contributed by atoms with Gasteiger partial charge in [-0.15, -0.1) is 0 Å². The van der Waals surface area contributed by atoms with Crippen molar-refractivity contribution in [1.82, 2.24) is 0 Å². The van der Waals surface area contributed by atoms with Crippen LogP contribution in [0.5, 0.6) is 0 Å². The van der Waals surface area contributed by atoms with Crippen LogP contribution in [0.4, 0.5) is 0 Å². The molecule has 0 aliphatic carbocycles. The van der Waals surface area contributed by atoms with Gasteiger partial charge in [-0.3, -0.25) is 4.52 Å². The molecule has 0 aromatic carbocycles. The van der Waals surface area contributed by atoms with Crippen molar-refractivity contribution in [3.05, 3.63) is 0 Å². The molecule has 0 saturated heterocycles. The molecule has 5 nitrogen and oxygen atoms in total. The Morgan fingerprint density at radius 1 is 1.56 bits per heavy atom. The Morgan fingerprint density at radius 2 is 2.11 bits per heavy atom. The number of hydrogen-bond acceptors (Lipinski definition) is 3. The molecular formula is C3H7O5P. The normalized spacial score (nSPS) is 11.3. The monoisotopic (exact) mass is 154 g/mol. The highest BCUT2D eigenvalue weighted by atomic mass is 31.2. The molecule has 9 heavy (non-hydrogen) atoms. The topological polar surface area (TPSA) is 83.8 Å². The molecule has 0 radical (unpaired) electrons. The van der Waals surface area contributed by atoms with Gasteiger partial charge in [-0.25, -0.2) is 4.57 Å². The molecule has 6 heteroatoms. The van der Waals surface area contributed by atoms with Crippen LogP contribution >= 0.6 is 7.82 Å². The maximum atomic E-state index is 9.86. The van der Waals surface area contributed by atoms with Crippen LogP contribution in [-0.2, 0) is 13.9 Å². The lowest BCUT2D eigenvalue weighted by Crippen LogP contribution is -1.91. The number of phosphoric ester groups is 1. The first kappa shape index (κ1) is 8.78. The molecule has 0 amide bonds. The highest BCUT2D eigenvalue weighted by Gasteiger charge is 2.11. The molecular weight excluding hydrogens is 147 g/mol. The Hall–Kier alpha value is -0.220. The van der Waals surface area contributed by atoms with E-state index in [0.29, 0.717) is 6.29 Å². The van der Waals surface area contributed by atoms with Crippen LogP contribution < -0.4 is 0 Å². The molecule has 0 heterocycles. The van der Waals surface area contributed by atoms with Gasteiger partial charge in [0.05, 0.1) is 6.61 Å². The number of aldehydes is 1. The molecule has 0 spiro atoms. The van der Waals surface area contributed by atoms with Crippen molar-refractivity contribution in [2.45, 2.75) is 6.42 Å². The maximum absolute atomic E-state index is 9.86. The fourth-order valence-electron chi connectivity index (χ4n) is 0.220. The summed E-state index contributed by atoms with van der Waals surface area (Å²) in [4.78, 5) is 25.6. The van der Waals surface area contributed by atoms with E-state index < -0.39 is 7.82 Å². The predicted molar refractivity (Wildman–Crippen MR) is 28.7 cm³/mol. The van der Waals surface area contributed by atoms with Crippen LogP contribution in [0.25, 0.3) is 0 Å². The molecule has 0 saturated carbocycles. The zero-order valence-corrected chi connectivity index (χ0v) is 5.45. The second-order valence-electron chi connectivity index (χ2n) is 1.28. The molecule has 54 valence electrons. The summed E-state index contributed by atoms with van der Waals surface area (Å²) in [5, 5.41) is 0. The molecule has 0 aliphatic heterocycles. The minimum atomic E-state index is -4.35. The van der Waals surface area contributed by atoms with Crippen molar-refractivity contribution in [3.8, 4) is 0 Å². The van der Waals surface area contributed by atoms with E-state index in [0.717, 1.165) is 0 Å². The van der Waals surface area contributed by atoms with Crippen LogP contribution in [-0.4, -0.2) is 22.7 Å². The second kappa shape index (κ2) is 3.74. The van der Waals surface area contributed by atoms with Gasteiger partial charge in [0.1, 0.15) is 6.29 Å². The van der Waals surface area contributed by atoms with Crippen molar-refractivity contribution in [2.75, 3.05) is 6.61 Å². The highest BCUT2D eigenvalue weighted by molar-refractivity contribution is 7.46. The third-order valence-corrected chi connectivity index (χ3v) is 1.01. The summed E-state index contributed by atoms with van der Waals surface area (Å²) in [6, 6.07) is 0. The van der Waals surface area contributed by atoms with Crippen molar-refractivity contribution >= 4 is 14.1 Å². The standard InChI is InChI=1S/C3H7O5P/c4-2-1-3-8-9(5,6)7/h2H,1,3H2,(H2,5,6,7). The minimum absolute atomic E-state index is 0.00507. The Kier molecular flexibility index (Phi) is 3.65. The van der Waals surface area contributed by atoms with E-state index in [1.807, 2.05) is 0 Å². The molecule has 0 unspecified atom stereocenters. The second-order valence-corrected chi connectivity index (χ2v) is 2.52. The van der Waals surface area contributed by atoms with Gasteiger partial charge in [0.15, 0.2) is 0 Å². The summed E-state index contributed by atoms with van der Waals surface area (Å²) in [5.41, 5.74) is 0. The molecule has 0 bridgehead atoms. The molecule has 0 aliphatic rings. The average molecular weight is 154 g/mol. The summed E-state index contributed by atoms with van der Waals surface area (Å²) >= 11 is 0. The smallest absolute Gasteiger partial charge is 0.303 e. The first-order valence-electron chi connectivity index (χ1n) is 2.20. The lowest BCUT2D eigenvalue weighted by Gasteiger charge is -2.00. The molecule has 0 aromatic heterocycles. The fraction of sp³-hybridized carbons (Fsp3) is 0.667. The van der Waals surface area contributed by atoms with Crippen LogP contribution in [0.3, 0.4) is 0 Å². The van der Waals surface area contributed by atoms with Crippen LogP contribution in [0.1, 0.15) is 6.42 Å². The van der Waals surface area contributed by atoms with Crippen molar-refractivity contribution < 1.29 is 23.7 Å². The first-order valence-corrected chi connectivity index (χ1v) is 3.73. The third kappa shape index (κ3) is 7.78. The zero-order valence-electron chi connectivity index (χ0n) is 4.56. The van der Waals surface area contributed by atoms with Crippen LogP contribution in [0, 0.1) is 0 Å². The summed E-state index contributed by atoms with van der Waals surface area (Å²) in [6.07, 6.45) is 0.529. The van der Waals surface area contributed by atoms with E-state index in [9.17, 15) is 9.36 Å². The van der Waals surface area contributed by atoms with Crippen LogP contribution in [0.15, 0.2) is 0 Å². The fourth-order valence-corrected chi connectivity index (χ4v) is 0.563. The van der Waals surface area contributed by atoms with Crippen molar-refractivity contribution in [1.29, 1.82) is 0 Å². The average Bonchev–Trinajstić information content (AvgIpc) is 1.63. The molecule has 0 rings (SSSR count). The molecule has 0 atom stereocenters. The third-order valence-electron chi connectivity index (χ3n) is 0.495. The van der Waals surface area contributed by atoms with Gasteiger partial charge in [-0.2, -0.15) is 0 Å². The number of rotatable bonds is 4. The van der Waals surface area contributed by atoms with Gasteiger partial charge in [0.2, 0.25) is 0 Å². The van der Waals surface area contributed by atoms with E-state index in [4.69, 9.17) is 9.79 Å². The Bertz CT molecular complexity index is 126. The van der Waals surface area contributed by atoms with E-state index in [1.165, 1.54) is 0 Å². The number of phosphoric acid groups is 1. The Labute approximate surface area is 51.9 Å². The first-order chi connectivity index (χ1) is 4.06. The number of carbonyl (C=O) groups excluding carboxylic acids is 1. The molecule has 0 fully saturated rings. The largest absolute Gasteiger partial charge is 0.469 e. The highest BCUT2D eigenvalue weighted by Crippen LogP contribution is 2.35. The lowest BCUT2D eigenvalue weighted by molar-refractivity contribution is -0.108. The van der Waals surface area contributed by atoms with E-state index in [2.05, 4.69) is 4.52 Å². The van der Waals surface area contributed by atoms with Gasteiger partial charge in [-0.05, 0) is 0 Å². The van der Waals surface area contributed by atoms with Crippen molar-refractivity contribution in [3.63, 3.8) is 0 Å². The Balaban J connectivity index is 3.28. The van der Waals surface area contributed by atoms with E-state index >= 15 is 0 Å². The summed E-state index contributed by atoms with van der Waals surface area (Å²) in [6.45, 7) is -0.228. The molecule has 2 N–H and O–H groups in total. The summed E-state index contributed by atoms with van der Waals surface area (Å²) in [5.74, 6) is 0. The Morgan fingerprint density at radius 3 is 2.44 bits per heavy atom. The summed E-state index contributed by atoms with van der Waals surface area (Å²) in [7, 11) is -4.35. The van der Waals surface area contributed by atoms with Gasteiger partial charge in [0.25, 0.3) is 0 Å². The minimum Gasteiger partial charge on any atom is -0.303 e. The zero-order chi connectivity index (χ0) is 7.33. The maximum Gasteiger partial charge on any atom is 0.469 e. The number of hydrogen-bond donors (Lipinski definition) is 2. The summed E-state index contributed by atoms with van der Waals surface area (Å²) < 4.78 is 13.8. The van der Waals surface area contributed by atoms with Gasteiger partial charge < -0.3 is 14.6 Å². The SMILES string of the molecule is O=CCCOP(=O)(O)O. The van der Waals surface area contributed by atoms with Gasteiger partial charge in [0, 0.05) is 6.42 Å². The van der Waals surface area contributed by atoms with Crippen LogP contribution in [0.2, 0.25) is 0 Å². The quantitative estimate of drug-likeness (QED) is 0.329. The van der Waals surface area contributed by atoms with E-state index in [-0.39, 0.29) is 13.0 Å². The van der Waals surface area contributed by atoms with Crippen molar-refractivity contribution in [2.24, 2.45) is 0 Å². The van der Waals surface area contributed by atoms with E-state index in [1.54, 1.807) is 0 Å². The van der Waals surface area contributed by atoms with Gasteiger partial charge >= 0.3 is 7.82 Å². The predicted octanol–water partition coefficient (Wildman–Crippen LogP) is -0.315.